The molecule has 114 valence electrons. The van der Waals surface area contributed by atoms with E-state index in [2.05, 4.69) is 15.4 Å². The fourth-order valence-electron chi connectivity index (χ4n) is 1.80. The summed E-state index contributed by atoms with van der Waals surface area (Å²) in [7, 11) is 0. The van der Waals surface area contributed by atoms with Crippen LogP contribution in [0.4, 0.5) is 0 Å². The number of imidazole rings is 1. The van der Waals surface area contributed by atoms with E-state index in [0.29, 0.717) is 12.4 Å². The Morgan fingerprint density at radius 3 is 2.95 bits per heavy atom. The number of H-pyrrole nitrogens is 1. The molecule has 0 spiro atoms. The predicted molar refractivity (Wildman–Crippen MR) is 84.1 cm³/mol. The van der Waals surface area contributed by atoms with Gasteiger partial charge >= 0.3 is 0 Å². The van der Waals surface area contributed by atoms with Crippen molar-refractivity contribution >= 4 is 28.7 Å². The van der Waals surface area contributed by atoms with Crippen molar-refractivity contribution in [2.24, 2.45) is 11.3 Å². The highest BCUT2D eigenvalue weighted by Gasteiger charge is 2.27. The molecule has 0 atom stereocenters. The number of thioether (sulfide) groups is 1. The fraction of sp³-hybridized carbons (Fsp3) is 0.429. The maximum atomic E-state index is 11.6. The van der Waals surface area contributed by atoms with Crippen LogP contribution in [0.1, 0.15) is 20.8 Å². The largest absolute Gasteiger partial charge is 0.494 e. The van der Waals surface area contributed by atoms with Gasteiger partial charge in [0.25, 0.3) is 0 Å². The van der Waals surface area contributed by atoms with Crippen LogP contribution in [0.2, 0.25) is 0 Å². The number of amides is 1. The van der Waals surface area contributed by atoms with Crippen molar-refractivity contribution in [3.8, 4) is 5.75 Å². The SMILES string of the molecule is CCOc1ccc2nc(SCC(C)(C)C(=O)NN)[nH]c2c1. The van der Waals surface area contributed by atoms with Gasteiger partial charge in [-0.3, -0.25) is 10.2 Å². The van der Waals surface area contributed by atoms with Crippen molar-refractivity contribution in [3.63, 3.8) is 0 Å². The summed E-state index contributed by atoms with van der Waals surface area (Å²) in [6.07, 6.45) is 0. The summed E-state index contributed by atoms with van der Waals surface area (Å²) in [5, 5.41) is 0.775. The molecule has 2 aromatic rings. The smallest absolute Gasteiger partial charge is 0.240 e. The number of hydrogen-bond donors (Lipinski definition) is 3. The fourth-order valence-corrected chi connectivity index (χ4v) is 2.77. The Labute approximate surface area is 127 Å². The molecule has 1 amide bonds. The number of ether oxygens (including phenoxy) is 1. The number of nitrogens with zero attached hydrogens (tertiary/aromatic N) is 1. The molecule has 0 aliphatic carbocycles. The average Bonchev–Trinajstić information content (AvgIpc) is 2.87. The molecule has 1 heterocycles. The average molecular weight is 308 g/mol. The topological polar surface area (TPSA) is 93.0 Å². The number of nitrogens with two attached hydrogens (primary N) is 1. The molecule has 0 saturated heterocycles. The highest BCUT2D eigenvalue weighted by atomic mass is 32.2. The summed E-state index contributed by atoms with van der Waals surface area (Å²) in [6, 6.07) is 5.74. The molecule has 0 saturated carbocycles. The second-order valence-electron chi connectivity index (χ2n) is 5.30. The number of hydrazine groups is 1. The van der Waals surface area contributed by atoms with Crippen molar-refractivity contribution in [1.29, 1.82) is 0 Å². The molecule has 0 aliphatic rings. The van der Waals surface area contributed by atoms with E-state index in [9.17, 15) is 4.79 Å². The maximum Gasteiger partial charge on any atom is 0.240 e. The number of carbonyl (C=O) groups excluding carboxylic acids is 1. The third-order valence-electron chi connectivity index (χ3n) is 3.06. The second-order valence-corrected chi connectivity index (χ2v) is 6.26. The second kappa shape index (κ2) is 6.36. The van der Waals surface area contributed by atoms with E-state index in [0.717, 1.165) is 21.9 Å². The van der Waals surface area contributed by atoms with Crippen LogP contribution in [-0.4, -0.2) is 28.2 Å². The number of benzene rings is 1. The number of carbonyl (C=O) groups is 1. The van der Waals surface area contributed by atoms with Gasteiger partial charge in [-0.15, -0.1) is 0 Å². The Kier molecular flexibility index (Phi) is 4.74. The first-order chi connectivity index (χ1) is 9.96. The molecule has 1 aromatic carbocycles. The van der Waals surface area contributed by atoms with Gasteiger partial charge in [0, 0.05) is 11.8 Å². The van der Waals surface area contributed by atoms with Gasteiger partial charge in [0.05, 0.1) is 23.1 Å². The maximum absolute atomic E-state index is 11.6. The first-order valence-corrected chi connectivity index (χ1v) is 7.71. The van der Waals surface area contributed by atoms with Crippen LogP contribution in [0.25, 0.3) is 11.0 Å². The van der Waals surface area contributed by atoms with Crippen LogP contribution in [0.15, 0.2) is 23.4 Å². The van der Waals surface area contributed by atoms with Gasteiger partial charge < -0.3 is 9.72 Å². The van der Waals surface area contributed by atoms with Crippen molar-refractivity contribution in [3.05, 3.63) is 18.2 Å². The summed E-state index contributed by atoms with van der Waals surface area (Å²) in [6.45, 7) is 6.27. The normalized spacial score (nSPS) is 11.6. The molecule has 0 unspecified atom stereocenters. The Morgan fingerprint density at radius 2 is 2.29 bits per heavy atom. The number of hydrogen-bond acceptors (Lipinski definition) is 5. The van der Waals surface area contributed by atoms with E-state index in [-0.39, 0.29) is 5.91 Å². The molecule has 0 fully saturated rings. The highest BCUT2D eigenvalue weighted by molar-refractivity contribution is 7.99. The van der Waals surface area contributed by atoms with Crippen molar-refractivity contribution in [2.45, 2.75) is 25.9 Å². The van der Waals surface area contributed by atoms with Crippen LogP contribution in [0, 0.1) is 5.41 Å². The van der Waals surface area contributed by atoms with Gasteiger partial charge in [-0.25, -0.2) is 10.8 Å². The molecule has 4 N–H and O–H groups in total. The zero-order chi connectivity index (χ0) is 15.5. The molecule has 21 heavy (non-hydrogen) atoms. The summed E-state index contributed by atoms with van der Waals surface area (Å²) in [5.41, 5.74) is 3.43. The monoisotopic (exact) mass is 308 g/mol. The number of fused-ring (bicyclic) bond motifs is 1. The van der Waals surface area contributed by atoms with Gasteiger partial charge in [0.2, 0.25) is 5.91 Å². The van der Waals surface area contributed by atoms with Crippen molar-refractivity contribution in [1.82, 2.24) is 15.4 Å². The summed E-state index contributed by atoms with van der Waals surface area (Å²) in [5.74, 6) is 6.39. The van der Waals surface area contributed by atoms with Crippen molar-refractivity contribution < 1.29 is 9.53 Å². The number of nitrogens with one attached hydrogen (secondary N) is 2. The van der Waals surface area contributed by atoms with Gasteiger partial charge in [0.1, 0.15) is 5.75 Å². The minimum absolute atomic E-state index is 0.190. The van der Waals surface area contributed by atoms with E-state index in [1.807, 2.05) is 39.0 Å². The Bertz CT molecular complexity index is 639. The molecular weight excluding hydrogens is 288 g/mol. The van der Waals surface area contributed by atoms with E-state index in [4.69, 9.17) is 10.6 Å². The van der Waals surface area contributed by atoms with E-state index in [1.54, 1.807) is 0 Å². The quantitative estimate of drug-likeness (QED) is 0.329. The number of aromatic nitrogens is 2. The zero-order valence-electron chi connectivity index (χ0n) is 12.4. The predicted octanol–water partition coefficient (Wildman–Crippen LogP) is 2.07. The molecule has 1 aromatic heterocycles. The molecule has 2 rings (SSSR count). The minimum atomic E-state index is -0.561. The first kappa shape index (κ1) is 15.7. The van der Waals surface area contributed by atoms with Crippen LogP contribution in [0.5, 0.6) is 5.75 Å². The van der Waals surface area contributed by atoms with Crippen LogP contribution >= 0.6 is 11.8 Å². The number of rotatable bonds is 6. The third-order valence-corrected chi connectivity index (χ3v) is 4.39. The molecule has 0 bridgehead atoms. The Hall–Kier alpha value is -1.73. The van der Waals surface area contributed by atoms with Gasteiger partial charge in [-0.2, -0.15) is 0 Å². The van der Waals surface area contributed by atoms with E-state index < -0.39 is 5.41 Å². The van der Waals surface area contributed by atoms with Gasteiger partial charge in [-0.05, 0) is 19.1 Å². The highest BCUT2D eigenvalue weighted by Crippen LogP contribution is 2.28. The van der Waals surface area contributed by atoms with Crippen LogP contribution in [-0.2, 0) is 4.79 Å². The zero-order valence-corrected chi connectivity index (χ0v) is 13.2. The van der Waals surface area contributed by atoms with E-state index in [1.165, 1.54) is 11.8 Å². The van der Waals surface area contributed by atoms with Gasteiger partial charge in [-0.1, -0.05) is 25.6 Å². The molecular formula is C14H20N4O2S. The van der Waals surface area contributed by atoms with Crippen LogP contribution in [0.3, 0.4) is 0 Å². The Morgan fingerprint density at radius 1 is 1.52 bits per heavy atom. The summed E-state index contributed by atoms with van der Waals surface area (Å²) < 4.78 is 5.46. The van der Waals surface area contributed by atoms with Gasteiger partial charge in [0.15, 0.2) is 5.16 Å². The molecule has 6 nitrogen and oxygen atoms in total. The Balaban J connectivity index is 2.11. The first-order valence-electron chi connectivity index (χ1n) is 6.72. The molecule has 7 heteroatoms. The lowest BCUT2D eigenvalue weighted by Gasteiger charge is -2.20. The lowest BCUT2D eigenvalue weighted by Crippen LogP contribution is -2.42. The molecule has 0 aliphatic heterocycles. The molecule has 0 radical (unpaired) electrons. The number of aromatic amines is 1. The van der Waals surface area contributed by atoms with Crippen molar-refractivity contribution in [2.75, 3.05) is 12.4 Å². The van der Waals surface area contributed by atoms with E-state index >= 15 is 0 Å². The lowest BCUT2D eigenvalue weighted by molar-refractivity contribution is -0.128. The lowest BCUT2D eigenvalue weighted by atomic mass is 9.96. The van der Waals surface area contributed by atoms with Crippen LogP contribution < -0.4 is 16.0 Å². The minimum Gasteiger partial charge on any atom is -0.494 e. The standard InChI is InChI=1S/C14H20N4O2S/c1-4-20-9-5-6-10-11(7-9)17-13(16-10)21-8-14(2,3)12(19)18-15/h5-7H,4,8,15H2,1-3H3,(H,16,17)(H,18,19). The summed E-state index contributed by atoms with van der Waals surface area (Å²) in [4.78, 5) is 19.4. The summed E-state index contributed by atoms with van der Waals surface area (Å²) >= 11 is 1.49. The third kappa shape index (κ3) is 3.68.